The first-order valence-corrected chi connectivity index (χ1v) is 11.1. The Hall–Kier alpha value is -4.70. The summed E-state index contributed by atoms with van der Waals surface area (Å²) in [5, 5.41) is 16.9. The molecule has 6 nitrogen and oxygen atoms in total. The highest BCUT2D eigenvalue weighted by atomic mass is 19.1. The molecule has 7 heteroatoms. The van der Waals surface area contributed by atoms with Crippen LogP contribution in [0.2, 0.25) is 0 Å². The van der Waals surface area contributed by atoms with E-state index in [2.05, 4.69) is 5.32 Å². The summed E-state index contributed by atoms with van der Waals surface area (Å²) in [6, 6.07) is 25.2. The second-order valence-electron chi connectivity index (χ2n) is 7.65. The molecular weight excluding hydrogens is 443 g/mol. The van der Waals surface area contributed by atoms with Gasteiger partial charge in [-0.3, -0.25) is 4.79 Å². The smallest absolute Gasteiger partial charge is 0.261 e. The fourth-order valence-corrected chi connectivity index (χ4v) is 3.50. The molecule has 174 valence electrons. The number of ether oxygens (including phenoxy) is 1. The second kappa shape index (κ2) is 10.9. The number of para-hydroxylation sites is 1. The van der Waals surface area contributed by atoms with Crippen LogP contribution >= 0.6 is 0 Å². The Bertz CT molecular complexity index is 1400. The number of nitrogens with one attached hydrogen (secondary N) is 1. The van der Waals surface area contributed by atoms with Crippen molar-refractivity contribution in [2.75, 3.05) is 6.54 Å². The normalized spacial score (nSPS) is 11.1. The number of benzene rings is 3. The lowest BCUT2D eigenvalue weighted by Crippen LogP contribution is -2.23. The maximum absolute atomic E-state index is 14.0. The molecule has 1 aromatic heterocycles. The van der Waals surface area contributed by atoms with Crippen LogP contribution in [0.1, 0.15) is 18.1 Å². The van der Waals surface area contributed by atoms with Crippen LogP contribution in [0, 0.1) is 17.1 Å². The van der Waals surface area contributed by atoms with Crippen LogP contribution in [0.15, 0.2) is 90.6 Å². The SMILES string of the molecule is CCNC(=O)/C(C#N)=C\c1cn(-c2ccccc2)nc1-c1cccc(OCc2ccccc2F)c1. The number of hydrogen-bond acceptors (Lipinski definition) is 4. The molecule has 0 aliphatic heterocycles. The number of amides is 1. The maximum Gasteiger partial charge on any atom is 0.261 e. The van der Waals surface area contributed by atoms with Gasteiger partial charge in [-0.1, -0.05) is 48.5 Å². The van der Waals surface area contributed by atoms with E-state index in [0.29, 0.717) is 29.1 Å². The van der Waals surface area contributed by atoms with Crippen molar-refractivity contribution in [1.82, 2.24) is 15.1 Å². The first-order valence-electron chi connectivity index (χ1n) is 11.1. The number of carbonyl (C=O) groups excluding carboxylic acids is 1. The minimum atomic E-state index is -0.449. The molecule has 0 radical (unpaired) electrons. The van der Waals surface area contributed by atoms with Gasteiger partial charge in [-0.2, -0.15) is 10.4 Å². The van der Waals surface area contributed by atoms with Gasteiger partial charge in [0.25, 0.3) is 5.91 Å². The van der Waals surface area contributed by atoms with Crippen molar-refractivity contribution >= 4 is 12.0 Å². The summed E-state index contributed by atoms with van der Waals surface area (Å²) in [6.45, 7) is 2.28. The summed E-state index contributed by atoms with van der Waals surface area (Å²) in [4.78, 5) is 12.3. The van der Waals surface area contributed by atoms with Gasteiger partial charge in [0.1, 0.15) is 35.5 Å². The van der Waals surface area contributed by atoms with Gasteiger partial charge in [-0.05, 0) is 43.3 Å². The number of hydrogen-bond donors (Lipinski definition) is 1. The first kappa shape index (κ1) is 23.5. The lowest BCUT2D eigenvalue weighted by atomic mass is 10.1. The third kappa shape index (κ3) is 5.63. The van der Waals surface area contributed by atoms with Crippen LogP contribution in [-0.4, -0.2) is 22.2 Å². The van der Waals surface area contributed by atoms with Gasteiger partial charge in [0.2, 0.25) is 0 Å². The highest BCUT2D eigenvalue weighted by molar-refractivity contribution is 6.02. The molecule has 1 amide bonds. The van der Waals surface area contributed by atoms with E-state index in [1.807, 2.05) is 48.5 Å². The zero-order chi connectivity index (χ0) is 24.6. The summed E-state index contributed by atoms with van der Waals surface area (Å²) < 4.78 is 21.5. The third-order valence-corrected chi connectivity index (χ3v) is 5.23. The van der Waals surface area contributed by atoms with E-state index in [4.69, 9.17) is 9.84 Å². The standard InChI is InChI=1S/C28H23FN4O2/c1-2-31-28(34)22(17-30)15-23-18-33(24-11-4-3-5-12-24)32-27(23)20-10-8-13-25(16-20)35-19-21-9-6-7-14-26(21)29/h3-16,18H,2,19H2,1H3,(H,31,34)/b22-15-. The minimum absolute atomic E-state index is 0.0207. The van der Waals surface area contributed by atoms with Crippen molar-refractivity contribution < 1.29 is 13.9 Å². The monoisotopic (exact) mass is 466 g/mol. The lowest BCUT2D eigenvalue weighted by Gasteiger charge is -2.09. The first-order chi connectivity index (χ1) is 17.1. The number of likely N-dealkylation sites (N-methyl/N-ethyl adjacent to an activating group) is 1. The van der Waals surface area contributed by atoms with Gasteiger partial charge in [0.05, 0.1) is 5.69 Å². The zero-order valence-electron chi connectivity index (χ0n) is 19.1. The van der Waals surface area contributed by atoms with Gasteiger partial charge < -0.3 is 10.1 Å². The molecule has 0 unspecified atom stereocenters. The summed E-state index contributed by atoms with van der Waals surface area (Å²) in [5.74, 6) is -0.235. The zero-order valence-corrected chi connectivity index (χ0v) is 19.1. The average Bonchev–Trinajstić information content (AvgIpc) is 3.31. The van der Waals surface area contributed by atoms with Gasteiger partial charge in [-0.15, -0.1) is 0 Å². The molecule has 35 heavy (non-hydrogen) atoms. The molecule has 3 aromatic carbocycles. The van der Waals surface area contributed by atoms with Crippen LogP contribution in [0.5, 0.6) is 5.75 Å². The molecular formula is C28H23FN4O2. The highest BCUT2D eigenvalue weighted by Gasteiger charge is 2.15. The molecule has 4 rings (SSSR count). The number of carbonyl (C=O) groups is 1. The molecule has 0 spiro atoms. The van der Waals surface area contributed by atoms with Crippen molar-refractivity contribution in [2.45, 2.75) is 13.5 Å². The van der Waals surface area contributed by atoms with Crippen LogP contribution < -0.4 is 10.1 Å². The largest absolute Gasteiger partial charge is 0.489 e. The Morgan fingerprint density at radius 3 is 2.63 bits per heavy atom. The molecule has 0 aliphatic rings. The number of nitriles is 1. The number of aromatic nitrogens is 2. The van der Waals surface area contributed by atoms with Crippen molar-refractivity contribution in [3.8, 4) is 28.8 Å². The highest BCUT2D eigenvalue weighted by Crippen LogP contribution is 2.29. The van der Waals surface area contributed by atoms with E-state index < -0.39 is 5.91 Å². The molecule has 0 bridgehead atoms. The minimum Gasteiger partial charge on any atom is -0.489 e. The summed E-state index contributed by atoms with van der Waals surface area (Å²) in [7, 11) is 0. The van der Waals surface area contributed by atoms with Crippen molar-refractivity contribution in [1.29, 1.82) is 5.26 Å². The topological polar surface area (TPSA) is 79.9 Å². The van der Waals surface area contributed by atoms with E-state index in [1.165, 1.54) is 12.1 Å². The van der Waals surface area contributed by atoms with Gasteiger partial charge in [0.15, 0.2) is 0 Å². The molecule has 0 aliphatic carbocycles. The van der Waals surface area contributed by atoms with Gasteiger partial charge >= 0.3 is 0 Å². The quantitative estimate of drug-likeness (QED) is 0.282. The van der Waals surface area contributed by atoms with Crippen LogP contribution in [0.4, 0.5) is 4.39 Å². The fraction of sp³-hybridized carbons (Fsp3) is 0.107. The number of nitrogens with zero attached hydrogens (tertiary/aromatic N) is 3. The van der Waals surface area contributed by atoms with E-state index >= 15 is 0 Å². The fourth-order valence-electron chi connectivity index (χ4n) is 3.50. The average molecular weight is 467 g/mol. The Morgan fingerprint density at radius 1 is 1.11 bits per heavy atom. The molecule has 1 N–H and O–H groups in total. The van der Waals surface area contributed by atoms with Crippen molar-refractivity contribution in [2.24, 2.45) is 0 Å². The van der Waals surface area contributed by atoms with Crippen LogP contribution in [-0.2, 0) is 11.4 Å². The Morgan fingerprint density at radius 2 is 1.89 bits per heavy atom. The molecule has 0 atom stereocenters. The second-order valence-corrected chi connectivity index (χ2v) is 7.65. The van der Waals surface area contributed by atoms with E-state index in [1.54, 1.807) is 48.1 Å². The van der Waals surface area contributed by atoms with E-state index in [0.717, 1.165) is 11.3 Å². The van der Waals surface area contributed by atoms with Crippen LogP contribution in [0.3, 0.4) is 0 Å². The Kier molecular flexibility index (Phi) is 7.34. The summed E-state index contributed by atoms with van der Waals surface area (Å²) in [5.41, 5.74) is 3.16. The Labute approximate surface area is 202 Å². The van der Waals surface area contributed by atoms with Gasteiger partial charge in [0, 0.05) is 29.4 Å². The van der Waals surface area contributed by atoms with Crippen molar-refractivity contribution in [3.63, 3.8) is 0 Å². The van der Waals surface area contributed by atoms with Crippen molar-refractivity contribution in [3.05, 3.63) is 108 Å². The van der Waals surface area contributed by atoms with E-state index in [-0.39, 0.29) is 18.0 Å². The van der Waals surface area contributed by atoms with Crippen LogP contribution in [0.25, 0.3) is 23.0 Å². The maximum atomic E-state index is 14.0. The molecule has 0 saturated carbocycles. The summed E-state index contributed by atoms with van der Waals surface area (Å²) in [6.07, 6.45) is 3.30. The predicted octanol–water partition coefficient (Wildman–Crippen LogP) is 5.30. The van der Waals surface area contributed by atoms with Gasteiger partial charge in [-0.25, -0.2) is 9.07 Å². The predicted molar refractivity (Wildman–Crippen MR) is 132 cm³/mol. The summed E-state index contributed by atoms with van der Waals surface area (Å²) >= 11 is 0. The molecule has 1 heterocycles. The lowest BCUT2D eigenvalue weighted by molar-refractivity contribution is -0.116. The Balaban J connectivity index is 1.72. The molecule has 4 aromatic rings. The number of rotatable bonds is 8. The number of halogens is 1. The molecule has 0 fully saturated rings. The third-order valence-electron chi connectivity index (χ3n) is 5.23. The molecule has 0 saturated heterocycles. The van der Waals surface area contributed by atoms with E-state index in [9.17, 15) is 14.4 Å².